The van der Waals surface area contributed by atoms with Crippen molar-refractivity contribution in [1.82, 2.24) is 0 Å². The van der Waals surface area contributed by atoms with E-state index in [9.17, 15) is 8.76 Å². The molecule has 0 rings (SSSR count). The van der Waals surface area contributed by atoms with Crippen molar-refractivity contribution < 1.29 is 13.3 Å². The van der Waals surface area contributed by atoms with E-state index >= 15 is 0 Å². The molecule has 1 atom stereocenters. The normalized spacial score (nSPS) is 18.5. The SMILES string of the molecule is CC(C)OP(=O)(F)C(C)(C)C. The molecule has 0 N–H and O–H groups in total. The summed E-state index contributed by atoms with van der Waals surface area (Å²) >= 11 is 0. The van der Waals surface area contributed by atoms with E-state index in [1.54, 1.807) is 34.6 Å². The molecule has 0 amide bonds. The van der Waals surface area contributed by atoms with Crippen molar-refractivity contribution in [3.05, 3.63) is 0 Å². The fourth-order valence-corrected chi connectivity index (χ4v) is 1.29. The summed E-state index contributed by atoms with van der Waals surface area (Å²) in [7, 11) is -3.93. The molecule has 0 fully saturated rings. The fourth-order valence-electron chi connectivity index (χ4n) is 0.429. The molecule has 0 aromatic rings. The van der Waals surface area contributed by atoms with Crippen molar-refractivity contribution in [3.8, 4) is 0 Å². The minimum Gasteiger partial charge on any atom is -0.302 e. The Hall–Kier alpha value is 0.120. The van der Waals surface area contributed by atoms with Crippen LogP contribution in [0.15, 0.2) is 0 Å². The molecule has 0 radical (unpaired) electrons. The van der Waals surface area contributed by atoms with Crippen molar-refractivity contribution >= 4 is 7.68 Å². The van der Waals surface area contributed by atoms with Gasteiger partial charge in [-0.2, -0.15) is 4.20 Å². The van der Waals surface area contributed by atoms with Crippen LogP contribution in [0.1, 0.15) is 34.6 Å². The Kier molecular flexibility index (Phi) is 3.27. The maximum absolute atomic E-state index is 13.2. The van der Waals surface area contributed by atoms with Crippen LogP contribution in [0.4, 0.5) is 4.20 Å². The zero-order valence-corrected chi connectivity index (χ0v) is 8.61. The van der Waals surface area contributed by atoms with Crippen molar-refractivity contribution in [1.29, 1.82) is 0 Å². The third-order valence-electron chi connectivity index (χ3n) is 1.15. The van der Waals surface area contributed by atoms with Gasteiger partial charge in [0.25, 0.3) is 0 Å². The molecule has 0 aliphatic carbocycles. The van der Waals surface area contributed by atoms with Crippen molar-refractivity contribution in [2.24, 2.45) is 0 Å². The van der Waals surface area contributed by atoms with E-state index in [1.165, 1.54) is 0 Å². The molecular weight excluding hydrogens is 166 g/mol. The highest BCUT2D eigenvalue weighted by molar-refractivity contribution is 7.55. The largest absolute Gasteiger partial charge is 0.372 e. The van der Waals surface area contributed by atoms with Crippen LogP contribution in [-0.4, -0.2) is 11.3 Å². The molecule has 0 saturated heterocycles. The first-order valence-electron chi connectivity index (χ1n) is 3.65. The minimum absolute atomic E-state index is 0.329. The lowest BCUT2D eigenvalue weighted by atomic mass is 10.3. The van der Waals surface area contributed by atoms with E-state index in [0.29, 0.717) is 0 Å². The molecule has 0 aliphatic heterocycles. The van der Waals surface area contributed by atoms with E-state index in [0.717, 1.165) is 0 Å². The molecule has 0 aromatic heterocycles. The zero-order chi connectivity index (χ0) is 9.28. The standard InChI is InChI=1S/C7H16FO2P/c1-6(2)10-11(8,9)7(3,4)5/h6H,1-5H3. The van der Waals surface area contributed by atoms with Crippen LogP contribution in [0.25, 0.3) is 0 Å². The van der Waals surface area contributed by atoms with E-state index in [1.807, 2.05) is 0 Å². The first-order valence-corrected chi connectivity index (χ1v) is 5.16. The van der Waals surface area contributed by atoms with Crippen molar-refractivity contribution in [2.45, 2.75) is 45.9 Å². The summed E-state index contributed by atoms with van der Waals surface area (Å²) in [6.45, 7) is 8.03. The topological polar surface area (TPSA) is 26.3 Å². The average molecular weight is 182 g/mol. The van der Waals surface area contributed by atoms with Gasteiger partial charge < -0.3 is 4.52 Å². The van der Waals surface area contributed by atoms with Gasteiger partial charge in [0.2, 0.25) is 0 Å². The Bertz CT molecular complexity index is 172. The van der Waals surface area contributed by atoms with E-state index in [4.69, 9.17) is 4.52 Å². The Morgan fingerprint density at radius 1 is 1.36 bits per heavy atom. The van der Waals surface area contributed by atoms with Gasteiger partial charge in [-0.05, 0) is 34.6 Å². The summed E-state index contributed by atoms with van der Waals surface area (Å²) in [6.07, 6.45) is -0.329. The molecule has 68 valence electrons. The Morgan fingerprint density at radius 2 is 1.73 bits per heavy atom. The van der Waals surface area contributed by atoms with Crippen LogP contribution in [0, 0.1) is 0 Å². The van der Waals surface area contributed by atoms with Gasteiger partial charge in [-0.3, -0.25) is 4.57 Å². The predicted octanol–water partition coefficient (Wildman–Crippen LogP) is 3.37. The van der Waals surface area contributed by atoms with E-state index in [-0.39, 0.29) is 6.10 Å². The van der Waals surface area contributed by atoms with Crippen molar-refractivity contribution in [3.63, 3.8) is 0 Å². The summed E-state index contributed by atoms with van der Waals surface area (Å²) < 4.78 is 29.0. The first-order chi connectivity index (χ1) is 4.67. The van der Waals surface area contributed by atoms with Crippen LogP contribution in [-0.2, 0) is 9.09 Å². The average Bonchev–Trinajstić information content (AvgIpc) is 1.56. The molecule has 2 nitrogen and oxygen atoms in total. The highest BCUT2D eigenvalue weighted by Crippen LogP contribution is 2.60. The summed E-state index contributed by atoms with van der Waals surface area (Å²) in [5.41, 5.74) is 0. The molecule has 0 spiro atoms. The molecule has 0 aromatic carbocycles. The highest BCUT2D eigenvalue weighted by atomic mass is 31.2. The first kappa shape index (κ1) is 11.1. The molecular formula is C7H16FO2P. The minimum atomic E-state index is -3.93. The van der Waals surface area contributed by atoms with Gasteiger partial charge in [0, 0.05) is 0 Å². The Morgan fingerprint density at radius 3 is 1.82 bits per heavy atom. The van der Waals surface area contributed by atoms with Gasteiger partial charge in [-0.15, -0.1) is 0 Å². The lowest BCUT2D eigenvalue weighted by Gasteiger charge is -2.24. The summed E-state index contributed by atoms with van der Waals surface area (Å²) in [5.74, 6) is 0. The highest BCUT2D eigenvalue weighted by Gasteiger charge is 2.39. The molecule has 0 heterocycles. The van der Waals surface area contributed by atoms with E-state index in [2.05, 4.69) is 0 Å². The summed E-state index contributed by atoms with van der Waals surface area (Å²) in [6, 6.07) is 0. The predicted molar refractivity (Wildman–Crippen MR) is 44.7 cm³/mol. The van der Waals surface area contributed by atoms with Gasteiger partial charge in [-0.1, -0.05) is 0 Å². The lowest BCUT2D eigenvalue weighted by Crippen LogP contribution is -2.16. The van der Waals surface area contributed by atoms with Crippen LogP contribution >= 0.6 is 7.68 Å². The summed E-state index contributed by atoms with van der Waals surface area (Å²) in [5, 5.41) is -0.905. The van der Waals surface area contributed by atoms with Crippen LogP contribution < -0.4 is 0 Å². The fraction of sp³-hybridized carbons (Fsp3) is 1.00. The second kappa shape index (κ2) is 3.24. The van der Waals surface area contributed by atoms with Gasteiger partial charge in [0.15, 0.2) is 0 Å². The summed E-state index contributed by atoms with van der Waals surface area (Å²) in [4.78, 5) is 0. The zero-order valence-electron chi connectivity index (χ0n) is 7.72. The molecule has 1 unspecified atom stereocenters. The van der Waals surface area contributed by atoms with Gasteiger partial charge >= 0.3 is 7.68 Å². The number of halogens is 1. The third kappa shape index (κ3) is 3.35. The lowest BCUT2D eigenvalue weighted by molar-refractivity contribution is 0.211. The van der Waals surface area contributed by atoms with Gasteiger partial charge in [0.1, 0.15) is 0 Å². The maximum Gasteiger partial charge on any atom is 0.372 e. The number of hydrogen-bond donors (Lipinski definition) is 0. The number of hydrogen-bond acceptors (Lipinski definition) is 2. The van der Waals surface area contributed by atoms with Gasteiger partial charge in [-0.25, -0.2) is 0 Å². The maximum atomic E-state index is 13.2. The monoisotopic (exact) mass is 182 g/mol. The number of rotatable bonds is 2. The van der Waals surface area contributed by atoms with E-state index < -0.39 is 12.8 Å². The third-order valence-corrected chi connectivity index (χ3v) is 3.44. The second-order valence-electron chi connectivity index (χ2n) is 3.80. The Labute approximate surface area is 67.7 Å². The molecule has 4 heteroatoms. The quantitative estimate of drug-likeness (QED) is 0.612. The smallest absolute Gasteiger partial charge is 0.302 e. The van der Waals surface area contributed by atoms with Crippen LogP contribution in [0.5, 0.6) is 0 Å². The second-order valence-corrected chi connectivity index (χ2v) is 6.32. The van der Waals surface area contributed by atoms with Crippen LogP contribution in [0.2, 0.25) is 0 Å². The Balaban J connectivity index is 4.36. The van der Waals surface area contributed by atoms with Gasteiger partial charge in [0.05, 0.1) is 11.3 Å². The molecule has 0 saturated carbocycles. The molecule has 0 bridgehead atoms. The van der Waals surface area contributed by atoms with Crippen molar-refractivity contribution in [2.75, 3.05) is 0 Å². The van der Waals surface area contributed by atoms with Crippen LogP contribution in [0.3, 0.4) is 0 Å². The molecule has 0 aliphatic rings. The molecule has 11 heavy (non-hydrogen) atoms.